The molecule has 0 rings (SSSR count). The third kappa shape index (κ3) is 39.0. The number of ether oxygens (including phenoxy) is 2. The lowest BCUT2D eigenvalue weighted by atomic mass is 10.0. The highest BCUT2D eigenvalue weighted by atomic mass is 31.2. The molecule has 0 aliphatic carbocycles. The van der Waals surface area contributed by atoms with Crippen LogP contribution in [0.4, 0.5) is 0 Å². The van der Waals surface area contributed by atoms with Gasteiger partial charge in [0.05, 0.1) is 12.7 Å². The van der Waals surface area contributed by atoms with Gasteiger partial charge in [-0.2, -0.15) is 0 Å². The lowest BCUT2D eigenvalue weighted by Crippen LogP contribution is -2.29. The number of aliphatic hydroxyl groups is 1. The van der Waals surface area contributed by atoms with Gasteiger partial charge in [-0.15, -0.1) is 0 Å². The van der Waals surface area contributed by atoms with E-state index < -0.39 is 32.5 Å². The Morgan fingerprint density at radius 2 is 1.20 bits per heavy atom. The van der Waals surface area contributed by atoms with Gasteiger partial charge in [-0.1, -0.05) is 166 Å². The summed E-state index contributed by atoms with van der Waals surface area (Å²) in [5.74, 6) is -0.168. The van der Waals surface area contributed by atoms with Gasteiger partial charge in [0.2, 0.25) is 0 Å². The molecule has 0 bridgehead atoms. The maximum absolute atomic E-state index is 12.4. The lowest BCUT2D eigenvalue weighted by Gasteiger charge is -2.18. The second kappa shape index (κ2) is 35.0. The molecule has 0 heterocycles. The molecule has 0 saturated heterocycles. The molecule has 9 nitrogen and oxygen atoms in total. The third-order valence-corrected chi connectivity index (χ3v) is 8.87. The fraction of sp³-hybridized carbons (Fsp3) is 0.756. The van der Waals surface area contributed by atoms with E-state index in [4.69, 9.17) is 19.3 Å². The molecule has 0 radical (unpaired) electrons. The Bertz CT molecular complexity index is 999. The summed E-state index contributed by atoms with van der Waals surface area (Å²) in [6.45, 7) is 5.83. The fourth-order valence-corrected chi connectivity index (χ4v) is 5.73. The van der Waals surface area contributed by atoms with Gasteiger partial charge in [0, 0.05) is 12.8 Å². The van der Waals surface area contributed by atoms with Crippen LogP contribution in [0.15, 0.2) is 48.6 Å². The van der Waals surface area contributed by atoms with Gasteiger partial charge >= 0.3 is 19.8 Å². The smallest absolute Gasteiger partial charge is 0.462 e. The Morgan fingerprint density at radius 3 is 1.80 bits per heavy atom. The number of hydrogen-bond donors (Lipinski definition) is 3. The second-order valence-electron chi connectivity index (χ2n) is 13.9. The Morgan fingerprint density at radius 1 is 0.647 bits per heavy atom. The molecular weight excluding hydrogens is 667 g/mol. The van der Waals surface area contributed by atoms with Crippen LogP contribution in [0.5, 0.6) is 0 Å². The second-order valence-corrected chi connectivity index (χ2v) is 15.2. The molecule has 0 unspecified atom stereocenters. The van der Waals surface area contributed by atoms with Crippen LogP contribution in [-0.4, -0.2) is 52.3 Å². The van der Waals surface area contributed by atoms with Gasteiger partial charge in [-0.3, -0.25) is 14.1 Å². The molecule has 0 spiro atoms. The molecule has 0 aromatic carbocycles. The van der Waals surface area contributed by atoms with Crippen molar-refractivity contribution in [3.05, 3.63) is 48.6 Å². The lowest BCUT2D eigenvalue weighted by molar-refractivity contribution is -0.161. The van der Waals surface area contributed by atoms with Crippen LogP contribution in [0, 0.1) is 5.92 Å². The minimum Gasteiger partial charge on any atom is -0.462 e. The first-order chi connectivity index (χ1) is 24.5. The molecule has 0 fully saturated rings. The zero-order valence-corrected chi connectivity index (χ0v) is 33.2. The standard InChI is InChI=1S/C41H73O9P/c1-4-5-25-31-38(42)32-27-22-18-14-10-8-12-15-19-23-28-33-40(43)48-35-39(36-49-51(45,46)47)50-41(44)34-29-24-20-16-11-7-6-9-13-17-21-26-30-37(2)3/h8,10,15,18-19,22,27,32,37-39,42H,4-7,9,11-14,16-17,20-21,23-26,28-31,33-36H2,1-3H3,(H2,45,46,47)/b10-8-,19-15-,22-18-,32-27+/t38-,39-/m1/s1. The molecule has 10 heteroatoms. The normalized spacial score (nSPS) is 13.7. The molecule has 0 aromatic heterocycles. The number of phosphoric acid groups is 1. The SMILES string of the molecule is CCCCC[C@@H](O)/C=C/C=C\C/C=C\C/C=C\CCCC(=O)OC[C@H](COP(=O)(O)O)OC(=O)CCCCCCCCCCCCCCC(C)C. The van der Waals surface area contributed by atoms with E-state index >= 15 is 0 Å². The number of aliphatic hydroxyl groups excluding tert-OH is 1. The molecule has 3 N–H and O–H groups in total. The quantitative estimate of drug-likeness (QED) is 0.0190. The summed E-state index contributed by atoms with van der Waals surface area (Å²) in [6.07, 6.45) is 37.4. The average Bonchev–Trinajstić information content (AvgIpc) is 3.07. The van der Waals surface area contributed by atoms with Gasteiger partial charge in [0.15, 0.2) is 6.10 Å². The third-order valence-electron chi connectivity index (χ3n) is 8.38. The molecule has 0 saturated carbocycles. The number of unbranched alkanes of at least 4 members (excludes halogenated alkanes) is 14. The van der Waals surface area contributed by atoms with Crippen LogP contribution in [-0.2, 0) is 28.2 Å². The van der Waals surface area contributed by atoms with Crippen molar-refractivity contribution < 1.29 is 43.0 Å². The Balaban J connectivity index is 4.09. The van der Waals surface area contributed by atoms with Crippen LogP contribution >= 0.6 is 7.82 Å². The van der Waals surface area contributed by atoms with Crippen LogP contribution in [0.2, 0.25) is 0 Å². The number of phosphoric ester groups is 1. The number of esters is 2. The number of allylic oxidation sites excluding steroid dienone is 7. The van der Waals surface area contributed by atoms with Gasteiger partial charge < -0.3 is 24.4 Å². The van der Waals surface area contributed by atoms with Crippen molar-refractivity contribution >= 4 is 19.8 Å². The maximum Gasteiger partial charge on any atom is 0.469 e. The average molecular weight is 741 g/mol. The molecular formula is C41H73O9P. The van der Waals surface area contributed by atoms with Crippen LogP contribution in [0.3, 0.4) is 0 Å². The molecule has 2 atom stereocenters. The van der Waals surface area contributed by atoms with E-state index in [9.17, 15) is 19.3 Å². The van der Waals surface area contributed by atoms with E-state index in [2.05, 4.69) is 37.4 Å². The number of carbonyl (C=O) groups is 2. The van der Waals surface area contributed by atoms with Crippen molar-refractivity contribution in [2.45, 2.75) is 181 Å². The summed E-state index contributed by atoms with van der Waals surface area (Å²) in [5, 5.41) is 9.86. The number of hydrogen-bond acceptors (Lipinski definition) is 7. The summed E-state index contributed by atoms with van der Waals surface area (Å²) >= 11 is 0. The first kappa shape index (κ1) is 49.0. The first-order valence-electron chi connectivity index (χ1n) is 19.9. The van der Waals surface area contributed by atoms with Gasteiger partial charge in [0.1, 0.15) is 6.61 Å². The predicted molar refractivity (Wildman–Crippen MR) is 208 cm³/mol. The summed E-state index contributed by atoms with van der Waals surface area (Å²) in [5.41, 5.74) is 0. The van der Waals surface area contributed by atoms with Gasteiger partial charge in [-0.25, -0.2) is 4.57 Å². The van der Waals surface area contributed by atoms with E-state index in [0.717, 1.165) is 63.7 Å². The summed E-state index contributed by atoms with van der Waals surface area (Å²) in [6, 6.07) is 0. The highest BCUT2D eigenvalue weighted by molar-refractivity contribution is 7.46. The Hall–Kier alpha value is -2.03. The van der Waals surface area contributed by atoms with E-state index in [1.54, 1.807) is 0 Å². The summed E-state index contributed by atoms with van der Waals surface area (Å²) in [7, 11) is -4.77. The van der Waals surface area contributed by atoms with Crippen molar-refractivity contribution in [2.75, 3.05) is 13.2 Å². The van der Waals surface area contributed by atoms with Crippen molar-refractivity contribution in [3.63, 3.8) is 0 Å². The number of rotatable bonds is 35. The van der Waals surface area contributed by atoms with E-state index in [1.807, 2.05) is 36.5 Å². The van der Waals surface area contributed by atoms with E-state index in [-0.39, 0.29) is 25.6 Å². The van der Waals surface area contributed by atoms with Gasteiger partial charge in [-0.05, 0) is 44.4 Å². The summed E-state index contributed by atoms with van der Waals surface area (Å²) in [4.78, 5) is 42.7. The largest absolute Gasteiger partial charge is 0.469 e. The molecule has 0 aliphatic heterocycles. The highest BCUT2D eigenvalue weighted by Crippen LogP contribution is 2.36. The van der Waals surface area contributed by atoms with Crippen molar-refractivity contribution in [1.29, 1.82) is 0 Å². The first-order valence-corrected chi connectivity index (χ1v) is 21.4. The van der Waals surface area contributed by atoms with Crippen molar-refractivity contribution in [2.24, 2.45) is 5.92 Å². The van der Waals surface area contributed by atoms with E-state index in [0.29, 0.717) is 19.3 Å². The van der Waals surface area contributed by atoms with Crippen LogP contribution < -0.4 is 0 Å². The Labute approximate surface area is 310 Å². The molecule has 296 valence electrons. The van der Waals surface area contributed by atoms with Crippen molar-refractivity contribution in [3.8, 4) is 0 Å². The molecule has 0 amide bonds. The molecule has 0 aliphatic rings. The maximum atomic E-state index is 12.4. The molecule has 0 aromatic rings. The molecule has 51 heavy (non-hydrogen) atoms. The zero-order chi connectivity index (χ0) is 37.8. The number of carbonyl (C=O) groups excluding carboxylic acids is 2. The predicted octanol–water partition coefficient (Wildman–Crippen LogP) is 10.8. The topological polar surface area (TPSA) is 140 Å². The zero-order valence-electron chi connectivity index (χ0n) is 32.3. The minimum atomic E-state index is -4.77. The summed E-state index contributed by atoms with van der Waals surface area (Å²) < 4.78 is 26.3. The van der Waals surface area contributed by atoms with E-state index in [1.165, 1.54) is 57.8 Å². The van der Waals surface area contributed by atoms with Crippen molar-refractivity contribution in [1.82, 2.24) is 0 Å². The van der Waals surface area contributed by atoms with Gasteiger partial charge in [0.25, 0.3) is 0 Å². The monoisotopic (exact) mass is 740 g/mol. The Kier molecular flexibility index (Phi) is 33.6. The van der Waals surface area contributed by atoms with Crippen LogP contribution in [0.1, 0.15) is 168 Å². The fourth-order valence-electron chi connectivity index (χ4n) is 5.37. The highest BCUT2D eigenvalue weighted by Gasteiger charge is 2.22. The van der Waals surface area contributed by atoms with Crippen LogP contribution in [0.25, 0.3) is 0 Å². The minimum absolute atomic E-state index is 0.171.